The highest BCUT2D eigenvalue weighted by molar-refractivity contribution is 5.87. The fraction of sp³-hybridized carbons (Fsp3) is 0.333. The monoisotopic (exact) mass is 235 g/mol. The predicted molar refractivity (Wildman–Crippen MR) is 58.7 cm³/mol. The molecule has 0 aromatic heterocycles. The molecule has 0 amide bonds. The molecule has 1 aliphatic heterocycles. The Hall–Kier alpha value is -1.88. The summed E-state index contributed by atoms with van der Waals surface area (Å²) < 4.78 is 9.77. The highest BCUT2D eigenvalue weighted by atomic mass is 16.6. The summed E-state index contributed by atoms with van der Waals surface area (Å²) in [5.41, 5.74) is 6.41. The zero-order valence-electron chi connectivity index (χ0n) is 9.17. The van der Waals surface area contributed by atoms with Crippen LogP contribution in [0.1, 0.15) is 5.56 Å². The van der Waals surface area contributed by atoms with E-state index in [1.807, 2.05) is 30.3 Å². The van der Waals surface area contributed by atoms with Crippen molar-refractivity contribution in [3.63, 3.8) is 0 Å². The van der Waals surface area contributed by atoms with Crippen molar-refractivity contribution < 1.29 is 19.1 Å². The van der Waals surface area contributed by atoms with Gasteiger partial charge < -0.3 is 15.2 Å². The molecular formula is C12H13NO4. The summed E-state index contributed by atoms with van der Waals surface area (Å²) in [5, 5.41) is 0. The van der Waals surface area contributed by atoms with Crippen molar-refractivity contribution in [3.8, 4) is 0 Å². The molecule has 5 heteroatoms. The van der Waals surface area contributed by atoms with E-state index in [2.05, 4.69) is 4.74 Å². The van der Waals surface area contributed by atoms with Crippen molar-refractivity contribution in [2.24, 2.45) is 11.7 Å². The van der Waals surface area contributed by atoms with E-state index in [0.717, 1.165) is 5.56 Å². The highest BCUT2D eigenvalue weighted by Crippen LogP contribution is 2.15. The summed E-state index contributed by atoms with van der Waals surface area (Å²) >= 11 is 0. The van der Waals surface area contributed by atoms with Gasteiger partial charge in [0.25, 0.3) is 0 Å². The van der Waals surface area contributed by atoms with Gasteiger partial charge in [-0.1, -0.05) is 30.3 Å². The van der Waals surface area contributed by atoms with Crippen molar-refractivity contribution in [3.05, 3.63) is 35.9 Å². The molecule has 0 aliphatic carbocycles. The van der Waals surface area contributed by atoms with E-state index < -0.39 is 23.9 Å². The number of ether oxygens (including phenoxy) is 2. The van der Waals surface area contributed by atoms with Crippen molar-refractivity contribution in [2.45, 2.75) is 12.6 Å². The second kappa shape index (κ2) is 4.97. The zero-order valence-corrected chi connectivity index (χ0v) is 9.17. The van der Waals surface area contributed by atoms with Crippen LogP contribution >= 0.6 is 0 Å². The summed E-state index contributed by atoms with van der Waals surface area (Å²) in [4.78, 5) is 22.6. The molecule has 0 bridgehead atoms. The van der Waals surface area contributed by atoms with Crippen molar-refractivity contribution in [2.75, 3.05) is 6.61 Å². The summed E-state index contributed by atoms with van der Waals surface area (Å²) in [6.45, 7) is 0.185. The molecule has 1 fully saturated rings. The Kier molecular flexibility index (Phi) is 3.39. The van der Waals surface area contributed by atoms with Crippen molar-refractivity contribution >= 4 is 11.9 Å². The smallest absolute Gasteiger partial charge is 0.323 e. The van der Waals surface area contributed by atoms with Gasteiger partial charge in [-0.25, -0.2) is 0 Å². The number of hydrogen-bond acceptors (Lipinski definition) is 5. The lowest BCUT2D eigenvalue weighted by atomic mass is 10.1. The van der Waals surface area contributed by atoms with E-state index in [1.165, 1.54) is 0 Å². The molecule has 0 saturated carbocycles. The summed E-state index contributed by atoms with van der Waals surface area (Å²) in [7, 11) is 0. The number of benzene rings is 1. The lowest BCUT2D eigenvalue weighted by Crippen LogP contribution is -2.37. The van der Waals surface area contributed by atoms with Crippen LogP contribution in [-0.2, 0) is 25.7 Å². The number of rotatable bonds is 3. The third-order valence-corrected chi connectivity index (χ3v) is 2.64. The first-order valence-corrected chi connectivity index (χ1v) is 5.31. The van der Waals surface area contributed by atoms with Gasteiger partial charge in [-0.2, -0.15) is 0 Å². The maximum Gasteiger partial charge on any atom is 0.323 e. The number of esters is 2. The molecule has 1 saturated heterocycles. The molecule has 0 radical (unpaired) electrons. The molecule has 1 heterocycles. The van der Waals surface area contributed by atoms with Crippen LogP contribution in [0.5, 0.6) is 0 Å². The SMILES string of the molecule is N[C@H]1C(=O)OCC1C(=O)OCc1ccccc1. The normalized spacial score (nSPS) is 23.2. The van der Waals surface area contributed by atoms with Crippen LogP contribution in [0.2, 0.25) is 0 Å². The van der Waals surface area contributed by atoms with Gasteiger partial charge in [0.2, 0.25) is 0 Å². The minimum atomic E-state index is -0.904. The lowest BCUT2D eigenvalue weighted by molar-refractivity contribution is -0.150. The van der Waals surface area contributed by atoms with Gasteiger partial charge in [-0.15, -0.1) is 0 Å². The first-order valence-electron chi connectivity index (χ1n) is 5.31. The maximum atomic E-state index is 11.6. The first-order chi connectivity index (χ1) is 8.18. The van der Waals surface area contributed by atoms with Gasteiger partial charge in [0.15, 0.2) is 0 Å². The molecule has 1 unspecified atom stereocenters. The Bertz CT molecular complexity index is 418. The topological polar surface area (TPSA) is 78.6 Å². The second-order valence-electron chi connectivity index (χ2n) is 3.86. The molecule has 2 atom stereocenters. The Balaban J connectivity index is 1.88. The van der Waals surface area contributed by atoms with Crippen molar-refractivity contribution in [1.29, 1.82) is 0 Å². The van der Waals surface area contributed by atoms with Crippen LogP contribution in [0, 0.1) is 5.92 Å². The average molecular weight is 235 g/mol. The minimum absolute atomic E-state index is 0.00756. The molecule has 1 aromatic carbocycles. The number of carbonyl (C=O) groups is 2. The van der Waals surface area contributed by atoms with Gasteiger partial charge in [-0.05, 0) is 5.56 Å². The number of hydrogen-bond donors (Lipinski definition) is 1. The fourth-order valence-corrected chi connectivity index (χ4v) is 1.59. The molecule has 2 rings (SSSR count). The van der Waals surface area contributed by atoms with Crippen LogP contribution in [-0.4, -0.2) is 24.6 Å². The number of cyclic esters (lactones) is 1. The summed E-state index contributed by atoms with van der Waals surface area (Å²) in [5.74, 6) is -1.73. The molecule has 1 aromatic rings. The van der Waals surface area contributed by atoms with Gasteiger partial charge in [0.05, 0.1) is 0 Å². The second-order valence-corrected chi connectivity index (χ2v) is 3.86. The number of nitrogens with two attached hydrogens (primary N) is 1. The third-order valence-electron chi connectivity index (χ3n) is 2.64. The molecule has 1 aliphatic rings. The van der Waals surface area contributed by atoms with Crippen molar-refractivity contribution in [1.82, 2.24) is 0 Å². The lowest BCUT2D eigenvalue weighted by Gasteiger charge is -2.10. The van der Waals surface area contributed by atoms with Crippen LogP contribution in [0.4, 0.5) is 0 Å². The van der Waals surface area contributed by atoms with Crippen LogP contribution in [0.15, 0.2) is 30.3 Å². The van der Waals surface area contributed by atoms with Gasteiger partial charge in [-0.3, -0.25) is 9.59 Å². The van der Waals surface area contributed by atoms with E-state index in [0.29, 0.717) is 0 Å². The van der Waals surface area contributed by atoms with E-state index >= 15 is 0 Å². The van der Waals surface area contributed by atoms with E-state index in [9.17, 15) is 9.59 Å². The fourth-order valence-electron chi connectivity index (χ4n) is 1.59. The van der Waals surface area contributed by atoms with Crippen LogP contribution < -0.4 is 5.73 Å². The minimum Gasteiger partial charge on any atom is -0.464 e. The molecule has 0 spiro atoms. The first kappa shape index (κ1) is 11.6. The van der Waals surface area contributed by atoms with Gasteiger partial charge in [0.1, 0.15) is 25.2 Å². The molecular weight excluding hydrogens is 222 g/mol. The quantitative estimate of drug-likeness (QED) is 0.759. The average Bonchev–Trinajstić information content (AvgIpc) is 2.69. The Morgan fingerprint density at radius 1 is 1.41 bits per heavy atom. The standard InChI is InChI=1S/C12H13NO4/c13-10-9(7-17-12(10)15)11(14)16-6-8-4-2-1-3-5-8/h1-5,9-10H,6-7,13H2/t9?,10-/m1/s1. The Morgan fingerprint density at radius 3 is 2.71 bits per heavy atom. The Morgan fingerprint density at radius 2 is 2.12 bits per heavy atom. The largest absolute Gasteiger partial charge is 0.464 e. The van der Waals surface area contributed by atoms with Crippen LogP contribution in [0.25, 0.3) is 0 Å². The van der Waals surface area contributed by atoms with E-state index in [1.54, 1.807) is 0 Å². The molecule has 2 N–H and O–H groups in total. The maximum absolute atomic E-state index is 11.6. The van der Waals surface area contributed by atoms with Gasteiger partial charge >= 0.3 is 11.9 Å². The molecule has 17 heavy (non-hydrogen) atoms. The van der Waals surface area contributed by atoms with E-state index in [4.69, 9.17) is 10.5 Å². The predicted octanol–water partition coefficient (Wildman–Crippen LogP) is 0.230. The Labute approximate surface area is 98.5 Å². The number of carbonyl (C=O) groups excluding carboxylic acids is 2. The van der Waals surface area contributed by atoms with Crippen LogP contribution in [0.3, 0.4) is 0 Å². The van der Waals surface area contributed by atoms with E-state index in [-0.39, 0.29) is 13.2 Å². The summed E-state index contributed by atoms with van der Waals surface area (Å²) in [6, 6.07) is 8.39. The molecule has 90 valence electrons. The van der Waals surface area contributed by atoms with Gasteiger partial charge in [0, 0.05) is 0 Å². The zero-order chi connectivity index (χ0) is 12.3. The molecule has 5 nitrogen and oxygen atoms in total. The third kappa shape index (κ3) is 2.62. The highest BCUT2D eigenvalue weighted by Gasteiger charge is 2.39. The summed E-state index contributed by atoms with van der Waals surface area (Å²) in [6.07, 6.45) is 0.